The van der Waals surface area contributed by atoms with Crippen LogP contribution in [0, 0.1) is 0 Å². The zero-order chi connectivity index (χ0) is 14.0. The zero-order valence-corrected chi connectivity index (χ0v) is 11.3. The van der Waals surface area contributed by atoms with Crippen molar-refractivity contribution in [2.24, 2.45) is 0 Å². The SMILES string of the molecule is COc1ccc(C2CC(=O)NC(C)=C2C(C)=O)cc1. The molecule has 0 saturated heterocycles. The number of ketones is 1. The van der Waals surface area contributed by atoms with Gasteiger partial charge in [-0.05, 0) is 31.5 Å². The van der Waals surface area contributed by atoms with Crippen LogP contribution in [-0.4, -0.2) is 18.8 Å². The Morgan fingerprint density at radius 1 is 1.32 bits per heavy atom. The molecule has 1 aliphatic rings. The molecular formula is C15H17NO3. The molecule has 0 bridgehead atoms. The van der Waals surface area contributed by atoms with Crippen LogP contribution >= 0.6 is 0 Å². The highest BCUT2D eigenvalue weighted by molar-refractivity contribution is 5.99. The first-order chi connectivity index (χ1) is 9.02. The zero-order valence-electron chi connectivity index (χ0n) is 11.3. The number of amides is 1. The summed E-state index contributed by atoms with van der Waals surface area (Å²) in [7, 11) is 1.61. The van der Waals surface area contributed by atoms with Gasteiger partial charge < -0.3 is 10.1 Å². The molecule has 1 heterocycles. The molecule has 0 spiro atoms. The van der Waals surface area contributed by atoms with E-state index in [-0.39, 0.29) is 17.6 Å². The fraction of sp³-hybridized carbons (Fsp3) is 0.333. The van der Waals surface area contributed by atoms with Crippen molar-refractivity contribution >= 4 is 11.7 Å². The second-order valence-electron chi connectivity index (χ2n) is 4.67. The second-order valence-corrected chi connectivity index (χ2v) is 4.67. The topological polar surface area (TPSA) is 55.4 Å². The minimum atomic E-state index is -0.169. The van der Waals surface area contributed by atoms with E-state index in [1.807, 2.05) is 24.3 Å². The maximum absolute atomic E-state index is 11.8. The van der Waals surface area contributed by atoms with E-state index in [2.05, 4.69) is 5.32 Å². The van der Waals surface area contributed by atoms with Gasteiger partial charge in [0, 0.05) is 23.6 Å². The molecule has 0 saturated carbocycles. The lowest BCUT2D eigenvalue weighted by Crippen LogP contribution is -2.33. The van der Waals surface area contributed by atoms with Crippen molar-refractivity contribution in [3.05, 3.63) is 41.1 Å². The van der Waals surface area contributed by atoms with Gasteiger partial charge in [-0.3, -0.25) is 9.59 Å². The van der Waals surface area contributed by atoms with Crippen molar-refractivity contribution in [1.82, 2.24) is 5.32 Å². The number of carbonyl (C=O) groups excluding carboxylic acids is 2. The van der Waals surface area contributed by atoms with Crippen LogP contribution in [0.1, 0.15) is 31.7 Å². The van der Waals surface area contributed by atoms with E-state index in [1.54, 1.807) is 14.0 Å². The number of Topliss-reactive ketones (excluding diaryl/α,β-unsaturated/α-hetero) is 1. The molecule has 1 N–H and O–H groups in total. The highest BCUT2D eigenvalue weighted by Crippen LogP contribution is 2.33. The van der Waals surface area contributed by atoms with Gasteiger partial charge in [-0.25, -0.2) is 0 Å². The number of carbonyl (C=O) groups is 2. The van der Waals surface area contributed by atoms with Crippen LogP contribution in [-0.2, 0) is 9.59 Å². The Kier molecular flexibility index (Phi) is 3.69. The maximum atomic E-state index is 11.8. The smallest absolute Gasteiger partial charge is 0.225 e. The second kappa shape index (κ2) is 5.26. The molecule has 2 rings (SSSR count). The molecule has 0 aliphatic carbocycles. The Balaban J connectivity index is 2.42. The van der Waals surface area contributed by atoms with E-state index in [0.29, 0.717) is 17.7 Å². The largest absolute Gasteiger partial charge is 0.497 e. The molecule has 1 aliphatic heterocycles. The van der Waals surface area contributed by atoms with Gasteiger partial charge in [0.15, 0.2) is 5.78 Å². The number of benzene rings is 1. The summed E-state index contributed by atoms with van der Waals surface area (Å²) < 4.78 is 5.11. The van der Waals surface area contributed by atoms with Crippen LogP contribution < -0.4 is 10.1 Å². The molecule has 19 heavy (non-hydrogen) atoms. The molecule has 1 unspecified atom stereocenters. The van der Waals surface area contributed by atoms with Crippen molar-refractivity contribution in [1.29, 1.82) is 0 Å². The molecule has 0 fully saturated rings. The molecule has 1 atom stereocenters. The monoisotopic (exact) mass is 259 g/mol. The average Bonchev–Trinajstić information content (AvgIpc) is 2.37. The number of nitrogens with one attached hydrogen (secondary N) is 1. The molecular weight excluding hydrogens is 242 g/mol. The van der Waals surface area contributed by atoms with Crippen LogP contribution in [0.25, 0.3) is 0 Å². The highest BCUT2D eigenvalue weighted by Gasteiger charge is 2.29. The van der Waals surface area contributed by atoms with Gasteiger partial charge in [0.25, 0.3) is 0 Å². The van der Waals surface area contributed by atoms with Crippen LogP contribution in [0.4, 0.5) is 0 Å². The van der Waals surface area contributed by atoms with E-state index < -0.39 is 0 Å². The van der Waals surface area contributed by atoms with Crippen molar-refractivity contribution in [3.63, 3.8) is 0 Å². The Labute approximate surface area is 112 Å². The van der Waals surface area contributed by atoms with Crippen molar-refractivity contribution < 1.29 is 14.3 Å². The lowest BCUT2D eigenvalue weighted by atomic mass is 9.83. The first-order valence-corrected chi connectivity index (χ1v) is 6.18. The Bertz CT molecular complexity index is 543. The standard InChI is InChI=1S/C15H17NO3/c1-9-15(10(2)17)13(8-14(18)16-9)11-4-6-12(19-3)7-5-11/h4-7,13H,8H2,1-3H3,(H,16,18). The van der Waals surface area contributed by atoms with Crippen LogP contribution in [0.2, 0.25) is 0 Å². The minimum absolute atomic E-state index is 0.00156. The molecule has 1 aromatic carbocycles. The number of rotatable bonds is 3. The summed E-state index contributed by atoms with van der Waals surface area (Å²) in [5.41, 5.74) is 2.30. The molecule has 0 radical (unpaired) electrons. The summed E-state index contributed by atoms with van der Waals surface area (Å²) in [6.07, 6.45) is 0.304. The predicted molar refractivity (Wildman–Crippen MR) is 71.9 cm³/mol. The van der Waals surface area contributed by atoms with E-state index in [0.717, 1.165) is 11.3 Å². The number of methoxy groups -OCH3 is 1. The lowest BCUT2D eigenvalue weighted by Gasteiger charge is -2.26. The van der Waals surface area contributed by atoms with Crippen LogP contribution in [0.5, 0.6) is 5.75 Å². The van der Waals surface area contributed by atoms with Crippen LogP contribution in [0.3, 0.4) is 0 Å². The third kappa shape index (κ3) is 2.67. The first kappa shape index (κ1) is 13.3. The summed E-state index contributed by atoms with van der Waals surface area (Å²) in [5, 5.41) is 2.73. The molecule has 4 nitrogen and oxygen atoms in total. The molecule has 1 aromatic rings. The fourth-order valence-corrected chi connectivity index (χ4v) is 2.51. The lowest BCUT2D eigenvalue weighted by molar-refractivity contribution is -0.121. The average molecular weight is 259 g/mol. The van der Waals surface area contributed by atoms with Crippen molar-refractivity contribution in [3.8, 4) is 5.75 Å². The van der Waals surface area contributed by atoms with E-state index in [4.69, 9.17) is 4.74 Å². The summed E-state index contributed by atoms with van der Waals surface area (Å²) >= 11 is 0. The number of hydrogen-bond acceptors (Lipinski definition) is 3. The van der Waals surface area contributed by atoms with Gasteiger partial charge in [-0.15, -0.1) is 0 Å². The summed E-state index contributed by atoms with van der Waals surface area (Å²) in [6.45, 7) is 3.30. The fourth-order valence-electron chi connectivity index (χ4n) is 2.51. The van der Waals surface area contributed by atoms with E-state index in [1.165, 1.54) is 6.92 Å². The predicted octanol–water partition coefficient (Wildman–Crippen LogP) is 2.16. The van der Waals surface area contributed by atoms with Gasteiger partial charge in [0.1, 0.15) is 5.75 Å². The first-order valence-electron chi connectivity index (χ1n) is 6.18. The van der Waals surface area contributed by atoms with E-state index >= 15 is 0 Å². The Morgan fingerprint density at radius 2 is 1.95 bits per heavy atom. The third-order valence-corrected chi connectivity index (χ3v) is 3.37. The maximum Gasteiger partial charge on any atom is 0.225 e. The number of ether oxygens (including phenoxy) is 1. The normalized spacial score (nSPS) is 19.1. The van der Waals surface area contributed by atoms with E-state index in [9.17, 15) is 9.59 Å². The number of allylic oxidation sites excluding steroid dienone is 2. The molecule has 100 valence electrons. The summed E-state index contributed by atoms with van der Waals surface area (Å²) in [4.78, 5) is 23.5. The Hall–Kier alpha value is -2.10. The van der Waals surface area contributed by atoms with Gasteiger partial charge in [0.2, 0.25) is 5.91 Å². The highest BCUT2D eigenvalue weighted by atomic mass is 16.5. The summed E-state index contributed by atoms with van der Waals surface area (Å²) in [6, 6.07) is 7.49. The van der Waals surface area contributed by atoms with Gasteiger partial charge >= 0.3 is 0 Å². The van der Waals surface area contributed by atoms with Crippen molar-refractivity contribution in [2.45, 2.75) is 26.2 Å². The third-order valence-electron chi connectivity index (χ3n) is 3.37. The van der Waals surface area contributed by atoms with Gasteiger partial charge in [-0.1, -0.05) is 12.1 Å². The summed E-state index contributed by atoms with van der Waals surface area (Å²) in [5.74, 6) is 0.535. The quantitative estimate of drug-likeness (QED) is 0.905. The number of hydrogen-bond donors (Lipinski definition) is 1. The molecule has 1 amide bonds. The van der Waals surface area contributed by atoms with Crippen LogP contribution in [0.15, 0.2) is 35.5 Å². The minimum Gasteiger partial charge on any atom is -0.497 e. The van der Waals surface area contributed by atoms with Gasteiger partial charge in [0.05, 0.1) is 7.11 Å². The van der Waals surface area contributed by atoms with Crippen molar-refractivity contribution in [2.75, 3.05) is 7.11 Å². The Morgan fingerprint density at radius 3 is 2.47 bits per heavy atom. The molecule has 0 aromatic heterocycles. The molecule has 4 heteroatoms. The van der Waals surface area contributed by atoms with Gasteiger partial charge in [-0.2, -0.15) is 0 Å².